The summed E-state index contributed by atoms with van der Waals surface area (Å²) in [6.07, 6.45) is 1.25. The second-order valence-electron chi connectivity index (χ2n) is 7.33. The summed E-state index contributed by atoms with van der Waals surface area (Å²) in [5.41, 5.74) is 0.776. The predicted molar refractivity (Wildman–Crippen MR) is 111 cm³/mol. The number of carbonyl (C=O) groups is 3. The zero-order valence-electron chi connectivity index (χ0n) is 17.3. The van der Waals surface area contributed by atoms with Crippen molar-refractivity contribution >= 4 is 29.4 Å². The molecule has 2 amide bonds. The molecular weight excluding hydrogens is 422 g/mol. The molecule has 0 N–H and O–H groups in total. The summed E-state index contributed by atoms with van der Waals surface area (Å²) in [4.78, 5) is 39.8. The van der Waals surface area contributed by atoms with Crippen LogP contribution in [0.4, 0.5) is 14.5 Å². The van der Waals surface area contributed by atoms with E-state index in [2.05, 4.69) is 0 Å². The van der Waals surface area contributed by atoms with Gasteiger partial charge in [-0.1, -0.05) is 12.1 Å². The fourth-order valence-corrected chi connectivity index (χ4v) is 3.70. The van der Waals surface area contributed by atoms with Gasteiger partial charge >= 0.3 is 0 Å². The number of ether oxygens (including phenoxy) is 2. The molecule has 0 aromatic heterocycles. The molecule has 2 aliphatic heterocycles. The van der Waals surface area contributed by atoms with Crippen molar-refractivity contribution in [3.63, 3.8) is 0 Å². The summed E-state index contributed by atoms with van der Waals surface area (Å²) in [5, 5.41) is 0. The molecule has 0 saturated carbocycles. The number of fused-ring (bicyclic) bond motifs is 1. The number of amides is 2. The topological polar surface area (TPSA) is 76.2 Å². The third-order valence-corrected chi connectivity index (χ3v) is 5.21. The molecule has 7 nitrogen and oxygen atoms in total. The maximum absolute atomic E-state index is 14.6. The Balaban J connectivity index is 1.56. The van der Waals surface area contributed by atoms with Gasteiger partial charge in [-0.2, -0.15) is 0 Å². The van der Waals surface area contributed by atoms with E-state index in [1.54, 1.807) is 24.3 Å². The van der Waals surface area contributed by atoms with Crippen molar-refractivity contribution < 1.29 is 32.6 Å². The molecule has 0 radical (unpaired) electrons. The highest BCUT2D eigenvalue weighted by atomic mass is 19.1. The Bertz CT molecular complexity index is 1100. The van der Waals surface area contributed by atoms with Crippen LogP contribution in [0.3, 0.4) is 0 Å². The highest BCUT2D eigenvalue weighted by Crippen LogP contribution is 2.36. The van der Waals surface area contributed by atoms with E-state index in [-0.39, 0.29) is 11.3 Å². The zero-order chi connectivity index (χ0) is 22.8. The van der Waals surface area contributed by atoms with Crippen LogP contribution in [0.25, 0.3) is 6.08 Å². The first-order chi connectivity index (χ1) is 15.4. The lowest BCUT2D eigenvalue weighted by molar-refractivity contribution is -0.137. The number of hydrogen-bond donors (Lipinski definition) is 0. The van der Waals surface area contributed by atoms with Crippen LogP contribution in [0.5, 0.6) is 5.75 Å². The van der Waals surface area contributed by atoms with Gasteiger partial charge < -0.3 is 14.4 Å². The minimum Gasteiger partial charge on any atom is -0.478 e. The van der Waals surface area contributed by atoms with Crippen molar-refractivity contribution in [2.75, 3.05) is 37.8 Å². The summed E-state index contributed by atoms with van der Waals surface area (Å²) in [6, 6.07) is 8.53. The van der Waals surface area contributed by atoms with E-state index < -0.39 is 41.6 Å². The normalized spacial score (nSPS) is 17.0. The van der Waals surface area contributed by atoms with E-state index in [1.165, 1.54) is 22.8 Å². The summed E-state index contributed by atoms with van der Waals surface area (Å²) < 4.78 is 39.4. The van der Waals surface area contributed by atoms with Crippen LogP contribution < -0.4 is 9.64 Å². The molecule has 32 heavy (non-hydrogen) atoms. The predicted octanol–water partition coefficient (Wildman–Crippen LogP) is 2.79. The number of allylic oxidation sites excluding steroid dienone is 1. The average molecular weight is 442 g/mol. The van der Waals surface area contributed by atoms with Gasteiger partial charge in [-0.15, -0.1) is 0 Å². The number of carbonyl (C=O) groups excluding carboxylic acids is 3. The van der Waals surface area contributed by atoms with Crippen molar-refractivity contribution in [2.45, 2.75) is 6.92 Å². The number of ketones is 1. The van der Waals surface area contributed by atoms with Crippen LogP contribution in [-0.4, -0.2) is 55.4 Å². The number of para-hydroxylation sites is 1. The van der Waals surface area contributed by atoms with Gasteiger partial charge in [0.2, 0.25) is 11.7 Å². The molecule has 166 valence electrons. The Morgan fingerprint density at radius 1 is 1.12 bits per heavy atom. The molecule has 2 aromatic rings. The minimum absolute atomic E-state index is 0.00587. The van der Waals surface area contributed by atoms with Gasteiger partial charge in [-0.3, -0.25) is 19.3 Å². The van der Waals surface area contributed by atoms with E-state index in [4.69, 9.17) is 9.47 Å². The van der Waals surface area contributed by atoms with Crippen LogP contribution in [0.2, 0.25) is 0 Å². The summed E-state index contributed by atoms with van der Waals surface area (Å²) in [6.45, 7) is 2.37. The van der Waals surface area contributed by atoms with Crippen LogP contribution in [0, 0.1) is 11.6 Å². The van der Waals surface area contributed by atoms with Crippen molar-refractivity contribution in [1.82, 2.24) is 4.90 Å². The smallest absolute Gasteiger partial charge is 0.260 e. The van der Waals surface area contributed by atoms with E-state index >= 15 is 0 Å². The van der Waals surface area contributed by atoms with E-state index in [1.807, 2.05) is 0 Å². The lowest BCUT2D eigenvalue weighted by Crippen LogP contribution is -2.43. The second-order valence-corrected chi connectivity index (χ2v) is 7.33. The van der Waals surface area contributed by atoms with Crippen molar-refractivity contribution in [3.8, 4) is 5.75 Å². The van der Waals surface area contributed by atoms with Crippen LogP contribution in [-0.2, 0) is 14.3 Å². The number of benzene rings is 2. The van der Waals surface area contributed by atoms with E-state index in [0.29, 0.717) is 37.6 Å². The van der Waals surface area contributed by atoms with Gasteiger partial charge in [0.1, 0.15) is 0 Å². The number of nitrogens with zero attached hydrogens (tertiary/aromatic N) is 2. The number of Topliss-reactive ketones (excluding diaryl/α,β-unsaturated/α-hetero) is 1. The van der Waals surface area contributed by atoms with E-state index in [0.717, 1.165) is 12.1 Å². The lowest BCUT2D eigenvalue weighted by Gasteiger charge is -2.26. The van der Waals surface area contributed by atoms with Crippen LogP contribution >= 0.6 is 0 Å². The Kier molecular flexibility index (Phi) is 6.00. The monoisotopic (exact) mass is 442 g/mol. The molecular formula is C23H20F2N2O5. The number of halogens is 2. The molecule has 2 heterocycles. The molecule has 0 spiro atoms. The van der Waals surface area contributed by atoms with Gasteiger partial charge in [0, 0.05) is 25.6 Å². The number of rotatable bonds is 4. The lowest BCUT2D eigenvalue weighted by atomic mass is 10.1. The van der Waals surface area contributed by atoms with Crippen molar-refractivity contribution in [3.05, 3.63) is 64.9 Å². The maximum Gasteiger partial charge on any atom is 0.260 e. The van der Waals surface area contributed by atoms with Gasteiger partial charge in [0.05, 0.1) is 24.6 Å². The summed E-state index contributed by atoms with van der Waals surface area (Å²) in [7, 11) is 0. The SMILES string of the molecule is CC(=O)N1C(=Cc2cc(F)c(OCC(=O)N3CCOCC3)c(F)c2)C(=O)c2ccccc21. The first kappa shape index (κ1) is 21.6. The molecule has 1 fully saturated rings. The Morgan fingerprint density at radius 2 is 1.78 bits per heavy atom. The van der Waals surface area contributed by atoms with Crippen LogP contribution in [0.15, 0.2) is 42.1 Å². The highest BCUT2D eigenvalue weighted by Gasteiger charge is 2.34. The summed E-state index contributed by atoms with van der Waals surface area (Å²) in [5.74, 6) is -3.96. The Labute approximate surface area is 182 Å². The third kappa shape index (κ3) is 4.11. The molecule has 0 atom stereocenters. The Morgan fingerprint density at radius 3 is 2.44 bits per heavy atom. The van der Waals surface area contributed by atoms with Gasteiger partial charge in [0.15, 0.2) is 24.0 Å². The maximum atomic E-state index is 14.6. The molecule has 9 heteroatoms. The summed E-state index contributed by atoms with van der Waals surface area (Å²) >= 11 is 0. The number of hydrogen-bond acceptors (Lipinski definition) is 5. The van der Waals surface area contributed by atoms with Crippen LogP contribution in [0.1, 0.15) is 22.8 Å². The van der Waals surface area contributed by atoms with Crippen molar-refractivity contribution in [2.24, 2.45) is 0 Å². The standard InChI is InChI=1S/C23H20F2N2O5/c1-14(28)27-19-5-3-2-4-16(19)22(30)20(27)12-15-10-17(24)23(18(25)11-15)32-13-21(29)26-6-8-31-9-7-26/h2-5,10-12H,6-9,13H2,1H3. The minimum atomic E-state index is -1.02. The van der Waals surface area contributed by atoms with Gasteiger partial charge in [-0.05, 0) is 35.9 Å². The molecule has 0 aliphatic carbocycles. The molecule has 4 rings (SSSR count). The molecule has 2 aliphatic rings. The fraction of sp³-hybridized carbons (Fsp3) is 0.261. The van der Waals surface area contributed by atoms with Gasteiger partial charge in [-0.25, -0.2) is 8.78 Å². The molecule has 1 saturated heterocycles. The first-order valence-electron chi connectivity index (χ1n) is 10.0. The molecule has 0 unspecified atom stereocenters. The number of anilines is 1. The first-order valence-corrected chi connectivity index (χ1v) is 10.0. The molecule has 2 aromatic carbocycles. The fourth-order valence-electron chi connectivity index (χ4n) is 3.70. The van der Waals surface area contributed by atoms with Gasteiger partial charge in [0.25, 0.3) is 5.91 Å². The second kappa shape index (κ2) is 8.88. The van der Waals surface area contributed by atoms with Crippen molar-refractivity contribution in [1.29, 1.82) is 0 Å². The average Bonchev–Trinajstić information content (AvgIpc) is 3.05. The van der Waals surface area contributed by atoms with E-state index in [9.17, 15) is 23.2 Å². The quantitative estimate of drug-likeness (QED) is 0.681. The highest BCUT2D eigenvalue weighted by molar-refractivity contribution is 6.26. The largest absolute Gasteiger partial charge is 0.478 e. The Hall–Kier alpha value is -3.59. The zero-order valence-corrected chi connectivity index (χ0v) is 17.3. The molecule has 0 bridgehead atoms. The number of morpholine rings is 1. The third-order valence-electron chi connectivity index (χ3n) is 5.21.